The lowest BCUT2D eigenvalue weighted by Crippen LogP contribution is -2.56. The zero-order valence-electron chi connectivity index (χ0n) is 8.86. The molecule has 0 aromatic carbocycles. The topological polar surface area (TPSA) is 54.7 Å². The summed E-state index contributed by atoms with van der Waals surface area (Å²) in [5, 5.41) is 4.34. The van der Waals surface area contributed by atoms with E-state index in [1.165, 1.54) is 5.56 Å². The van der Waals surface area contributed by atoms with Crippen LogP contribution in [0.3, 0.4) is 0 Å². The van der Waals surface area contributed by atoms with Gasteiger partial charge in [0.05, 0.1) is 31.8 Å². The highest BCUT2D eigenvalue weighted by Gasteiger charge is 2.24. The van der Waals surface area contributed by atoms with Gasteiger partial charge in [-0.2, -0.15) is 5.10 Å². The van der Waals surface area contributed by atoms with Crippen molar-refractivity contribution in [2.45, 2.75) is 26.3 Å². The zero-order valence-corrected chi connectivity index (χ0v) is 8.86. The Bertz CT molecular complexity index is 319. The first-order chi connectivity index (χ1) is 6.72. The standard InChI is InChI=1S/C10H17N3O/c1-7(2)9-4-12-13-5-8(3-11)6-14-10(9)13/h4,7-8H,3,5-6,11H2,1-2H3/p+1. The largest absolute Gasteiger partial charge is 0.477 e. The van der Waals surface area contributed by atoms with Gasteiger partial charge in [0.25, 0.3) is 0 Å². The number of nitrogens with zero attached hydrogens (tertiary/aromatic N) is 2. The molecule has 1 aliphatic heterocycles. The van der Waals surface area contributed by atoms with E-state index in [9.17, 15) is 0 Å². The van der Waals surface area contributed by atoms with E-state index in [0.29, 0.717) is 11.8 Å². The van der Waals surface area contributed by atoms with Gasteiger partial charge in [0.2, 0.25) is 5.88 Å². The molecule has 0 amide bonds. The Kier molecular flexibility index (Phi) is 2.46. The molecule has 14 heavy (non-hydrogen) atoms. The molecule has 0 radical (unpaired) electrons. The van der Waals surface area contributed by atoms with Gasteiger partial charge in [-0.15, -0.1) is 0 Å². The Morgan fingerprint density at radius 1 is 1.71 bits per heavy atom. The molecule has 0 saturated heterocycles. The summed E-state index contributed by atoms with van der Waals surface area (Å²) in [6.07, 6.45) is 1.92. The average molecular weight is 196 g/mol. The smallest absolute Gasteiger partial charge is 0.215 e. The molecule has 0 saturated carbocycles. The normalized spacial score (nSPS) is 20.7. The van der Waals surface area contributed by atoms with Crippen LogP contribution in [0.5, 0.6) is 5.88 Å². The average Bonchev–Trinajstić information content (AvgIpc) is 2.59. The minimum atomic E-state index is 0.482. The minimum Gasteiger partial charge on any atom is -0.477 e. The summed E-state index contributed by atoms with van der Waals surface area (Å²) in [4.78, 5) is 0. The van der Waals surface area contributed by atoms with Gasteiger partial charge in [-0.05, 0) is 5.92 Å². The summed E-state index contributed by atoms with van der Waals surface area (Å²) in [6.45, 7) is 6.97. The summed E-state index contributed by atoms with van der Waals surface area (Å²) in [5.74, 6) is 1.96. The molecule has 1 unspecified atom stereocenters. The summed E-state index contributed by atoms with van der Waals surface area (Å²) in [5.41, 5.74) is 5.12. The van der Waals surface area contributed by atoms with Crippen molar-refractivity contribution in [3.05, 3.63) is 11.8 Å². The Hall–Kier alpha value is -1.03. The maximum Gasteiger partial charge on any atom is 0.215 e. The fourth-order valence-corrected chi connectivity index (χ4v) is 1.74. The van der Waals surface area contributed by atoms with E-state index in [1.54, 1.807) is 0 Å². The molecule has 0 spiro atoms. The van der Waals surface area contributed by atoms with E-state index < -0.39 is 0 Å². The molecule has 4 heteroatoms. The Morgan fingerprint density at radius 2 is 2.50 bits per heavy atom. The van der Waals surface area contributed by atoms with Crippen molar-refractivity contribution < 1.29 is 10.5 Å². The number of fused-ring (bicyclic) bond motifs is 1. The zero-order chi connectivity index (χ0) is 10.1. The highest BCUT2D eigenvalue weighted by atomic mass is 16.5. The van der Waals surface area contributed by atoms with Gasteiger partial charge in [-0.25, -0.2) is 4.68 Å². The van der Waals surface area contributed by atoms with Gasteiger partial charge in [-0.1, -0.05) is 13.8 Å². The van der Waals surface area contributed by atoms with E-state index in [1.807, 2.05) is 10.9 Å². The molecule has 78 valence electrons. The van der Waals surface area contributed by atoms with Crippen LogP contribution >= 0.6 is 0 Å². The molecule has 2 heterocycles. The van der Waals surface area contributed by atoms with Gasteiger partial charge >= 0.3 is 0 Å². The molecule has 4 nitrogen and oxygen atoms in total. The van der Waals surface area contributed by atoms with Gasteiger partial charge < -0.3 is 10.5 Å². The van der Waals surface area contributed by atoms with Gasteiger partial charge in [0.15, 0.2) is 0 Å². The van der Waals surface area contributed by atoms with Crippen molar-refractivity contribution in [2.24, 2.45) is 5.92 Å². The molecule has 1 aromatic rings. The first kappa shape index (κ1) is 9.52. The van der Waals surface area contributed by atoms with Gasteiger partial charge in [0, 0.05) is 5.56 Å². The minimum absolute atomic E-state index is 0.482. The van der Waals surface area contributed by atoms with Crippen molar-refractivity contribution in [1.29, 1.82) is 0 Å². The summed E-state index contributed by atoms with van der Waals surface area (Å²) in [7, 11) is 0. The highest BCUT2D eigenvalue weighted by Crippen LogP contribution is 2.29. The van der Waals surface area contributed by atoms with Crippen LogP contribution in [0.2, 0.25) is 0 Å². The molecule has 3 N–H and O–H groups in total. The fourth-order valence-electron chi connectivity index (χ4n) is 1.74. The first-order valence-electron chi connectivity index (χ1n) is 5.20. The van der Waals surface area contributed by atoms with Crippen molar-refractivity contribution >= 4 is 0 Å². The monoisotopic (exact) mass is 196 g/mol. The number of aromatic nitrogens is 2. The van der Waals surface area contributed by atoms with Crippen LogP contribution in [0.1, 0.15) is 25.3 Å². The summed E-state index contributed by atoms with van der Waals surface area (Å²) < 4.78 is 7.69. The molecule has 0 fully saturated rings. The lowest BCUT2D eigenvalue weighted by Gasteiger charge is -2.22. The molecule has 1 atom stereocenters. The maximum absolute atomic E-state index is 5.72. The van der Waals surface area contributed by atoms with Crippen LogP contribution < -0.4 is 10.5 Å². The summed E-state index contributed by atoms with van der Waals surface area (Å²) >= 11 is 0. The van der Waals surface area contributed by atoms with E-state index in [2.05, 4.69) is 24.7 Å². The SMILES string of the molecule is CC(C)c1cnn2c1OCC(C[NH3+])C2. The number of quaternary nitrogens is 1. The van der Waals surface area contributed by atoms with Crippen molar-refractivity contribution in [1.82, 2.24) is 9.78 Å². The Balaban J connectivity index is 2.25. The molecule has 0 aliphatic carbocycles. The van der Waals surface area contributed by atoms with Crippen LogP contribution in [0.4, 0.5) is 0 Å². The molecule has 2 rings (SSSR count). The first-order valence-corrected chi connectivity index (χ1v) is 5.20. The second kappa shape index (κ2) is 3.61. The van der Waals surface area contributed by atoms with Crippen LogP contribution in [-0.2, 0) is 6.54 Å². The molecule has 1 aromatic heterocycles. The van der Waals surface area contributed by atoms with E-state index in [-0.39, 0.29) is 0 Å². The third kappa shape index (κ3) is 1.50. The Labute approximate surface area is 84.0 Å². The van der Waals surface area contributed by atoms with Crippen LogP contribution in [0.25, 0.3) is 0 Å². The van der Waals surface area contributed by atoms with Crippen LogP contribution in [-0.4, -0.2) is 22.9 Å². The number of hydrogen-bond donors (Lipinski definition) is 1. The van der Waals surface area contributed by atoms with Crippen LogP contribution in [0, 0.1) is 5.92 Å². The molecular formula is C10H18N3O+. The third-order valence-corrected chi connectivity index (χ3v) is 2.73. The predicted octanol–water partition coefficient (Wildman–Crippen LogP) is 0.257. The van der Waals surface area contributed by atoms with Crippen molar-refractivity contribution in [2.75, 3.05) is 13.2 Å². The highest BCUT2D eigenvalue weighted by molar-refractivity contribution is 5.28. The lowest BCUT2D eigenvalue weighted by atomic mass is 10.1. The second-order valence-corrected chi connectivity index (χ2v) is 4.21. The van der Waals surface area contributed by atoms with Gasteiger partial charge in [0.1, 0.15) is 0 Å². The second-order valence-electron chi connectivity index (χ2n) is 4.21. The van der Waals surface area contributed by atoms with E-state index in [4.69, 9.17) is 4.74 Å². The molecule has 1 aliphatic rings. The van der Waals surface area contributed by atoms with Gasteiger partial charge in [-0.3, -0.25) is 0 Å². The maximum atomic E-state index is 5.72. The van der Waals surface area contributed by atoms with Crippen LogP contribution in [0.15, 0.2) is 6.20 Å². The summed E-state index contributed by atoms with van der Waals surface area (Å²) in [6, 6.07) is 0. The quantitative estimate of drug-likeness (QED) is 0.737. The van der Waals surface area contributed by atoms with Crippen molar-refractivity contribution in [3.63, 3.8) is 0 Å². The number of ether oxygens (including phenoxy) is 1. The number of hydrogen-bond acceptors (Lipinski definition) is 2. The molecular weight excluding hydrogens is 178 g/mol. The van der Waals surface area contributed by atoms with Crippen molar-refractivity contribution in [3.8, 4) is 5.88 Å². The van der Waals surface area contributed by atoms with E-state index >= 15 is 0 Å². The Morgan fingerprint density at radius 3 is 3.14 bits per heavy atom. The third-order valence-electron chi connectivity index (χ3n) is 2.73. The molecule has 0 bridgehead atoms. The van der Waals surface area contributed by atoms with E-state index in [0.717, 1.165) is 25.6 Å². The lowest BCUT2D eigenvalue weighted by molar-refractivity contribution is -0.381. The number of rotatable bonds is 2. The predicted molar refractivity (Wildman–Crippen MR) is 53.1 cm³/mol. The fraction of sp³-hybridized carbons (Fsp3) is 0.700.